The number of carbonyl (C=O) groups is 1. The molecule has 1 atom stereocenters. The maximum Gasteiger partial charge on any atom is 0.314 e. The van der Waals surface area contributed by atoms with Gasteiger partial charge < -0.3 is 9.29 Å². The van der Waals surface area contributed by atoms with E-state index in [0.717, 1.165) is 29.5 Å². The fourth-order valence-electron chi connectivity index (χ4n) is 5.26. The molecule has 0 aliphatic rings. The van der Waals surface area contributed by atoms with Gasteiger partial charge in [0.1, 0.15) is 5.75 Å². The Bertz CT molecular complexity index is 768. The minimum Gasteiger partial charge on any atom is -0.507 e. The molecular formula is C35H62O3S. The second kappa shape index (κ2) is 19.1. The minimum absolute atomic E-state index is 0.0725. The minimum atomic E-state index is -0.261. The molecule has 0 amide bonds. The number of rotatable bonds is 20. The highest BCUT2D eigenvalue weighted by Crippen LogP contribution is 2.44. The standard InChI is InChI=1S/C35H62O3S/c1-9-10-11-12-13-14-15-16-17-18-19-20-21-22-23-24-25-32(39-38-28(2)36)29-26-30(34(3,4)5)33(37)31(27-29)35(6,7)8/h26-27,32,37H,9-25H2,1-8H3. The summed E-state index contributed by atoms with van der Waals surface area (Å²) < 4.78 is 5.43. The van der Waals surface area contributed by atoms with Gasteiger partial charge in [0, 0.05) is 6.92 Å². The molecule has 0 spiro atoms. The number of phenols is 1. The van der Waals surface area contributed by atoms with E-state index in [1.807, 2.05) is 0 Å². The van der Waals surface area contributed by atoms with E-state index in [2.05, 4.69) is 60.6 Å². The van der Waals surface area contributed by atoms with Crippen molar-refractivity contribution >= 4 is 18.0 Å². The topological polar surface area (TPSA) is 46.5 Å². The largest absolute Gasteiger partial charge is 0.507 e. The average molecular weight is 563 g/mol. The lowest BCUT2D eigenvalue weighted by Crippen LogP contribution is -2.18. The highest BCUT2D eigenvalue weighted by Gasteiger charge is 2.28. The molecule has 39 heavy (non-hydrogen) atoms. The Kier molecular flexibility index (Phi) is 17.5. The smallest absolute Gasteiger partial charge is 0.314 e. The first-order chi connectivity index (χ1) is 18.4. The highest BCUT2D eigenvalue weighted by atomic mass is 32.2. The summed E-state index contributed by atoms with van der Waals surface area (Å²) in [5.41, 5.74) is 2.72. The predicted molar refractivity (Wildman–Crippen MR) is 172 cm³/mol. The number of hydrogen-bond donors (Lipinski definition) is 1. The molecule has 0 aliphatic carbocycles. The monoisotopic (exact) mass is 562 g/mol. The molecule has 0 bridgehead atoms. The van der Waals surface area contributed by atoms with Gasteiger partial charge >= 0.3 is 5.97 Å². The first-order valence-electron chi connectivity index (χ1n) is 16.1. The van der Waals surface area contributed by atoms with Gasteiger partial charge in [-0.25, -0.2) is 0 Å². The van der Waals surface area contributed by atoms with Crippen molar-refractivity contribution in [1.82, 2.24) is 0 Å². The van der Waals surface area contributed by atoms with Crippen molar-refractivity contribution in [2.75, 3.05) is 0 Å². The van der Waals surface area contributed by atoms with Gasteiger partial charge in [-0.05, 0) is 33.9 Å². The van der Waals surface area contributed by atoms with Gasteiger partial charge in [0.25, 0.3) is 0 Å². The summed E-state index contributed by atoms with van der Waals surface area (Å²) in [4.78, 5) is 11.6. The quantitative estimate of drug-likeness (QED) is 0.127. The maximum atomic E-state index is 11.6. The van der Waals surface area contributed by atoms with Crippen LogP contribution < -0.4 is 0 Å². The Balaban J connectivity index is 2.49. The summed E-state index contributed by atoms with van der Waals surface area (Å²) in [6, 6.07) is 4.27. The van der Waals surface area contributed by atoms with Gasteiger partial charge in [-0.1, -0.05) is 163 Å². The summed E-state index contributed by atoms with van der Waals surface area (Å²) in [6.45, 7) is 16.6. The Morgan fingerprint density at radius 3 is 1.41 bits per heavy atom. The lowest BCUT2D eigenvalue weighted by molar-refractivity contribution is -0.130. The van der Waals surface area contributed by atoms with Gasteiger partial charge in [-0.2, -0.15) is 0 Å². The summed E-state index contributed by atoms with van der Waals surface area (Å²) in [7, 11) is 0. The first kappa shape index (κ1) is 35.9. The van der Waals surface area contributed by atoms with E-state index in [1.54, 1.807) is 0 Å². The molecule has 226 valence electrons. The summed E-state index contributed by atoms with van der Waals surface area (Å²) in [6.07, 6.45) is 22.7. The third kappa shape index (κ3) is 15.4. The van der Waals surface area contributed by atoms with E-state index < -0.39 is 0 Å². The normalized spacial score (nSPS) is 13.0. The number of aromatic hydroxyl groups is 1. The molecular weight excluding hydrogens is 500 g/mol. The van der Waals surface area contributed by atoms with Crippen molar-refractivity contribution in [3.05, 3.63) is 28.8 Å². The SMILES string of the molecule is CCCCCCCCCCCCCCCCCCC(SOC(C)=O)c1cc(C(C)(C)C)c(O)c(C(C)(C)C)c1. The molecule has 1 aromatic rings. The highest BCUT2D eigenvalue weighted by molar-refractivity contribution is 7.95. The van der Waals surface area contributed by atoms with Gasteiger partial charge in [0.05, 0.1) is 17.3 Å². The van der Waals surface area contributed by atoms with Crippen molar-refractivity contribution in [1.29, 1.82) is 0 Å². The van der Waals surface area contributed by atoms with Crippen molar-refractivity contribution in [2.24, 2.45) is 0 Å². The van der Waals surface area contributed by atoms with Gasteiger partial charge in [0.15, 0.2) is 0 Å². The summed E-state index contributed by atoms with van der Waals surface area (Å²) in [5, 5.41) is 11.2. The molecule has 0 saturated heterocycles. The van der Waals surface area contributed by atoms with Gasteiger partial charge in [-0.3, -0.25) is 4.79 Å². The van der Waals surface area contributed by atoms with Crippen LogP contribution in [0.25, 0.3) is 0 Å². The zero-order chi connectivity index (χ0) is 29.3. The van der Waals surface area contributed by atoms with Crippen LogP contribution in [-0.2, 0) is 19.8 Å². The van der Waals surface area contributed by atoms with Gasteiger partial charge in [-0.15, -0.1) is 0 Å². The van der Waals surface area contributed by atoms with Crippen LogP contribution in [0.2, 0.25) is 0 Å². The first-order valence-corrected chi connectivity index (χ1v) is 16.9. The molecule has 1 aromatic carbocycles. The fraction of sp³-hybridized carbons (Fsp3) is 0.800. The van der Waals surface area contributed by atoms with E-state index in [4.69, 9.17) is 4.18 Å². The van der Waals surface area contributed by atoms with E-state index in [0.29, 0.717) is 5.75 Å². The van der Waals surface area contributed by atoms with E-state index in [9.17, 15) is 9.90 Å². The van der Waals surface area contributed by atoms with E-state index in [1.165, 1.54) is 115 Å². The average Bonchev–Trinajstić information content (AvgIpc) is 2.84. The van der Waals surface area contributed by atoms with E-state index in [-0.39, 0.29) is 22.0 Å². The Morgan fingerprint density at radius 1 is 0.718 bits per heavy atom. The predicted octanol–water partition coefficient (Wildman–Crippen LogP) is 11.9. The maximum absolute atomic E-state index is 11.6. The molecule has 1 unspecified atom stereocenters. The second-order valence-corrected chi connectivity index (χ2v) is 14.6. The van der Waals surface area contributed by atoms with Crippen LogP contribution >= 0.6 is 12.0 Å². The Labute approximate surface area is 246 Å². The molecule has 0 aromatic heterocycles. The van der Waals surface area contributed by atoms with Crippen LogP contribution in [0.5, 0.6) is 5.75 Å². The van der Waals surface area contributed by atoms with Crippen LogP contribution in [0.3, 0.4) is 0 Å². The molecule has 1 N–H and O–H groups in total. The summed E-state index contributed by atoms with van der Waals surface area (Å²) in [5.74, 6) is 0.139. The molecule has 0 radical (unpaired) electrons. The number of carbonyl (C=O) groups excluding carboxylic acids is 1. The van der Waals surface area contributed by atoms with E-state index >= 15 is 0 Å². The van der Waals surface area contributed by atoms with Crippen LogP contribution in [0, 0.1) is 0 Å². The molecule has 0 heterocycles. The molecule has 0 aliphatic heterocycles. The van der Waals surface area contributed by atoms with Crippen LogP contribution in [0.1, 0.15) is 186 Å². The molecule has 1 rings (SSSR count). The Morgan fingerprint density at radius 2 is 1.08 bits per heavy atom. The zero-order valence-electron chi connectivity index (χ0n) is 26.9. The van der Waals surface area contributed by atoms with Crippen molar-refractivity contribution < 1.29 is 14.1 Å². The molecule has 4 heteroatoms. The third-order valence-corrected chi connectivity index (χ3v) is 8.79. The number of unbranched alkanes of at least 4 members (excludes halogenated alkanes) is 15. The summed E-state index contributed by atoms with van der Waals surface area (Å²) >= 11 is 1.28. The van der Waals surface area contributed by atoms with Crippen molar-refractivity contribution in [2.45, 2.75) is 181 Å². The van der Waals surface area contributed by atoms with Crippen molar-refractivity contribution in [3.8, 4) is 5.75 Å². The molecule has 3 nitrogen and oxygen atoms in total. The number of hydrogen-bond acceptors (Lipinski definition) is 4. The fourth-order valence-corrected chi connectivity index (χ4v) is 6.02. The van der Waals surface area contributed by atoms with Crippen LogP contribution in [-0.4, -0.2) is 11.1 Å². The van der Waals surface area contributed by atoms with Crippen molar-refractivity contribution in [3.63, 3.8) is 0 Å². The van der Waals surface area contributed by atoms with Crippen LogP contribution in [0.4, 0.5) is 0 Å². The second-order valence-electron chi connectivity index (χ2n) is 13.7. The molecule has 0 saturated carbocycles. The Hall–Kier alpha value is -1.16. The third-order valence-electron chi connectivity index (χ3n) is 7.72. The lowest BCUT2D eigenvalue weighted by Gasteiger charge is -2.29. The zero-order valence-corrected chi connectivity index (χ0v) is 27.7. The number of phenolic OH excluding ortho intramolecular Hbond substituents is 1. The number of benzene rings is 1. The molecule has 0 fully saturated rings. The van der Waals surface area contributed by atoms with Crippen LogP contribution in [0.15, 0.2) is 12.1 Å². The van der Waals surface area contributed by atoms with Gasteiger partial charge in [0.2, 0.25) is 0 Å². The lowest BCUT2D eigenvalue weighted by atomic mass is 9.78.